The van der Waals surface area contributed by atoms with Gasteiger partial charge in [0.05, 0.1) is 44.7 Å². The molecule has 1 unspecified atom stereocenters. The van der Waals surface area contributed by atoms with Crippen LogP contribution in [0.3, 0.4) is 0 Å². The van der Waals surface area contributed by atoms with Crippen LogP contribution in [-0.2, 0) is 27.8 Å². The lowest BCUT2D eigenvalue weighted by Crippen LogP contribution is -2.25. The summed E-state index contributed by atoms with van der Waals surface area (Å²) in [5, 5.41) is 31.4. The predicted octanol–water partition coefficient (Wildman–Crippen LogP) is 4.36. The maximum atomic E-state index is 13.4. The minimum atomic E-state index is -3.44. The smallest absolute Gasteiger partial charge is 0.271 e. The third-order valence-electron chi connectivity index (χ3n) is 5.76. The number of aliphatic hydroxyl groups excluding tert-OH is 2. The molecule has 3 aromatic carbocycles. The molecule has 0 bridgehead atoms. The zero-order chi connectivity index (χ0) is 27.4. The van der Waals surface area contributed by atoms with Crippen LogP contribution in [0, 0.1) is 11.3 Å². The summed E-state index contributed by atoms with van der Waals surface area (Å²) in [6, 6.07) is 15.5. The summed E-state index contributed by atoms with van der Waals surface area (Å²) in [6.07, 6.45) is -1.22. The lowest BCUT2D eigenvalue weighted by Gasteiger charge is -2.19. The van der Waals surface area contributed by atoms with Gasteiger partial charge in [-0.15, -0.1) is 0 Å². The van der Waals surface area contributed by atoms with Crippen molar-refractivity contribution in [3.63, 3.8) is 0 Å². The van der Waals surface area contributed by atoms with Crippen molar-refractivity contribution in [1.29, 1.82) is 5.26 Å². The van der Waals surface area contributed by atoms with Gasteiger partial charge in [-0.05, 0) is 47.5 Å². The molecule has 0 aliphatic rings. The van der Waals surface area contributed by atoms with Gasteiger partial charge in [-0.25, -0.2) is 13.4 Å². The number of rotatable bonds is 9. The Bertz CT molecular complexity index is 1610. The normalized spacial score (nSPS) is 12.2. The summed E-state index contributed by atoms with van der Waals surface area (Å²) in [5.41, 5.74) is 2.25. The number of hydrogen-bond donors (Lipinski definition) is 3. The van der Waals surface area contributed by atoms with Crippen molar-refractivity contribution in [2.75, 3.05) is 11.1 Å². The Labute approximate surface area is 227 Å². The standard InChI is InChI=1S/C26H22ClN3O6S2/c1-2-38(34,35)20-7-4-15(5-8-20)24(36-19-6-3-16(12-28)21(27)11-19)25(33)30-26-29-22-9-17(13-31)18(14-32)10-23(22)37-26/h3-11,24,31-32H,2,13-14H2,1H3,(H,29,30,33). The van der Waals surface area contributed by atoms with E-state index in [-0.39, 0.29) is 45.3 Å². The molecule has 0 saturated heterocycles. The number of amides is 1. The average Bonchev–Trinajstić information content (AvgIpc) is 3.31. The number of thiazole rings is 1. The fourth-order valence-corrected chi connectivity index (χ4v) is 5.67. The molecule has 4 aromatic rings. The number of anilines is 1. The van der Waals surface area contributed by atoms with E-state index in [2.05, 4.69) is 10.3 Å². The molecule has 1 atom stereocenters. The number of fused-ring (bicyclic) bond motifs is 1. The van der Waals surface area contributed by atoms with Crippen molar-refractivity contribution < 1.29 is 28.2 Å². The van der Waals surface area contributed by atoms with Gasteiger partial charge in [0.2, 0.25) is 6.10 Å². The van der Waals surface area contributed by atoms with Gasteiger partial charge in [0.1, 0.15) is 11.8 Å². The van der Waals surface area contributed by atoms with Gasteiger partial charge < -0.3 is 14.9 Å². The highest BCUT2D eigenvalue weighted by Gasteiger charge is 2.25. The van der Waals surface area contributed by atoms with Gasteiger partial charge in [-0.3, -0.25) is 10.1 Å². The van der Waals surface area contributed by atoms with Gasteiger partial charge in [-0.1, -0.05) is 42.0 Å². The number of aromatic nitrogens is 1. The Morgan fingerprint density at radius 1 is 1.13 bits per heavy atom. The zero-order valence-corrected chi connectivity index (χ0v) is 22.4. The van der Waals surface area contributed by atoms with Crippen LogP contribution in [0.4, 0.5) is 5.13 Å². The molecule has 196 valence electrons. The summed E-state index contributed by atoms with van der Waals surface area (Å²) >= 11 is 7.32. The third kappa shape index (κ3) is 5.80. The van der Waals surface area contributed by atoms with Gasteiger partial charge in [-0.2, -0.15) is 5.26 Å². The van der Waals surface area contributed by atoms with Gasteiger partial charge in [0.15, 0.2) is 15.0 Å². The van der Waals surface area contributed by atoms with E-state index in [1.165, 1.54) is 53.8 Å². The molecule has 0 aliphatic carbocycles. The predicted molar refractivity (Wildman–Crippen MR) is 144 cm³/mol. The van der Waals surface area contributed by atoms with E-state index in [0.717, 1.165) is 0 Å². The molecule has 0 fully saturated rings. The molecular weight excluding hydrogens is 550 g/mol. The number of hydrogen-bond acceptors (Lipinski definition) is 9. The van der Waals surface area contributed by atoms with Crippen LogP contribution in [0.15, 0.2) is 59.5 Å². The number of nitrogens with zero attached hydrogens (tertiary/aromatic N) is 2. The summed E-state index contributed by atoms with van der Waals surface area (Å²) in [7, 11) is -3.44. The molecule has 12 heteroatoms. The SMILES string of the molecule is CCS(=O)(=O)c1ccc(C(Oc2ccc(C#N)c(Cl)c2)C(=O)Nc2nc3cc(CO)c(CO)cc3s2)cc1. The Morgan fingerprint density at radius 2 is 1.82 bits per heavy atom. The van der Waals surface area contributed by atoms with E-state index >= 15 is 0 Å². The molecule has 0 spiro atoms. The Morgan fingerprint density at radius 3 is 2.42 bits per heavy atom. The van der Waals surface area contributed by atoms with Crippen molar-refractivity contribution in [2.45, 2.75) is 31.1 Å². The van der Waals surface area contributed by atoms with E-state index in [0.29, 0.717) is 26.9 Å². The van der Waals surface area contributed by atoms with E-state index in [1.54, 1.807) is 19.1 Å². The number of halogens is 1. The van der Waals surface area contributed by atoms with Gasteiger partial charge >= 0.3 is 0 Å². The molecule has 0 radical (unpaired) electrons. The number of carbonyl (C=O) groups excluding carboxylic acids is 1. The van der Waals surface area contributed by atoms with Crippen LogP contribution >= 0.6 is 22.9 Å². The first-order valence-corrected chi connectivity index (χ1v) is 14.2. The van der Waals surface area contributed by atoms with E-state index in [4.69, 9.17) is 21.6 Å². The Kier molecular flexibility index (Phi) is 8.30. The minimum Gasteiger partial charge on any atom is -0.476 e. The third-order valence-corrected chi connectivity index (χ3v) is 8.75. The van der Waals surface area contributed by atoms with Crippen molar-refractivity contribution in [1.82, 2.24) is 4.98 Å². The van der Waals surface area contributed by atoms with E-state index < -0.39 is 21.8 Å². The molecule has 0 aliphatic heterocycles. The quantitative estimate of drug-likeness (QED) is 0.268. The van der Waals surface area contributed by atoms with Crippen LogP contribution in [0.5, 0.6) is 5.75 Å². The first-order valence-electron chi connectivity index (χ1n) is 11.3. The maximum Gasteiger partial charge on any atom is 0.271 e. The summed E-state index contributed by atoms with van der Waals surface area (Å²) < 4.78 is 31.1. The number of nitriles is 1. The Hall–Kier alpha value is -3.53. The van der Waals surface area contributed by atoms with Crippen molar-refractivity contribution >= 4 is 54.0 Å². The van der Waals surface area contributed by atoms with Gasteiger partial charge in [0, 0.05) is 11.6 Å². The highest BCUT2D eigenvalue weighted by atomic mass is 35.5. The molecule has 9 nitrogen and oxygen atoms in total. The highest BCUT2D eigenvalue weighted by Crippen LogP contribution is 2.32. The summed E-state index contributed by atoms with van der Waals surface area (Å²) in [6.45, 7) is 1.03. The number of benzene rings is 3. The molecule has 3 N–H and O–H groups in total. The van der Waals surface area contributed by atoms with Crippen LogP contribution in [-0.4, -0.2) is 35.3 Å². The lowest BCUT2D eigenvalue weighted by molar-refractivity contribution is -0.123. The topological polar surface area (TPSA) is 150 Å². The molecule has 1 heterocycles. The number of ether oxygens (including phenoxy) is 1. The Balaban J connectivity index is 1.68. The zero-order valence-electron chi connectivity index (χ0n) is 20.0. The number of aliphatic hydroxyl groups is 2. The first kappa shape index (κ1) is 27.5. The number of sulfone groups is 1. The second kappa shape index (κ2) is 11.5. The monoisotopic (exact) mass is 571 g/mol. The molecule has 1 aromatic heterocycles. The van der Waals surface area contributed by atoms with Crippen molar-refractivity contribution in [3.8, 4) is 11.8 Å². The van der Waals surface area contributed by atoms with Crippen LogP contribution in [0.2, 0.25) is 5.02 Å². The van der Waals surface area contributed by atoms with Crippen molar-refractivity contribution in [2.24, 2.45) is 0 Å². The van der Waals surface area contributed by atoms with E-state index in [1.807, 2.05) is 6.07 Å². The number of carbonyl (C=O) groups is 1. The second-order valence-corrected chi connectivity index (χ2v) is 11.9. The second-order valence-electron chi connectivity index (χ2n) is 8.14. The first-order chi connectivity index (χ1) is 18.2. The largest absolute Gasteiger partial charge is 0.476 e. The average molecular weight is 572 g/mol. The van der Waals surface area contributed by atoms with Crippen molar-refractivity contribution in [3.05, 3.63) is 81.9 Å². The fraction of sp³-hybridized carbons (Fsp3) is 0.192. The van der Waals surface area contributed by atoms with Crippen LogP contribution in [0.1, 0.15) is 35.3 Å². The fourth-order valence-electron chi connectivity index (χ4n) is 3.66. The molecular formula is C26H22ClN3O6S2. The molecule has 38 heavy (non-hydrogen) atoms. The van der Waals surface area contributed by atoms with Crippen LogP contribution in [0.25, 0.3) is 10.2 Å². The lowest BCUT2D eigenvalue weighted by atomic mass is 10.1. The highest BCUT2D eigenvalue weighted by molar-refractivity contribution is 7.91. The minimum absolute atomic E-state index is 0.0654. The maximum absolute atomic E-state index is 13.4. The van der Waals surface area contributed by atoms with Crippen LogP contribution < -0.4 is 10.1 Å². The summed E-state index contributed by atoms with van der Waals surface area (Å²) in [5.74, 6) is -0.423. The molecule has 1 amide bonds. The molecule has 0 saturated carbocycles. The summed E-state index contributed by atoms with van der Waals surface area (Å²) in [4.78, 5) is 18.0. The molecule has 4 rings (SSSR count). The number of nitrogens with one attached hydrogen (secondary N) is 1. The van der Waals surface area contributed by atoms with Gasteiger partial charge in [0.25, 0.3) is 5.91 Å². The van der Waals surface area contributed by atoms with E-state index in [9.17, 15) is 23.4 Å².